The number of carbonyl (C=O) groups is 3. The summed E-state index contributed by atoms with van der Waals surface area (Å²) in [6.07, 6.45) is 0.596. The van der Waals surface area contributed by atoms with Crippen LogP contribution in [0, 0.1) is 0 Å². The standard InChI is InChI=1S/C33H37ClN4O4/c1-4-42-32(40)22-35-17-19-36(20-18-35)27-13-9-25(10-14-27)33(41)37-23(2)21-31(29-7-5-6-8-30(29)37)38(24(3)39)28-15-11-26(34)12-16-28/h5-16,23,31H,4,17-22H2,1-3H3. The van der Waals surface area contributed by atoms with Gasteiger partial charge in [0.15, 0.2) is 0 Å². The number of para-hydroxylation sites is 1. The van der Waals surface area contributed by atoms with Gasteiger partial charge in [-0.3, -0.25) is 19.3 Å². The second kappa shape index (κ2) is 13.0. The lowest BCUT2D eigenvalue weighted by atomic mass is 9.89. The van der Waals surface area contributed by atoms with Crippen molar-refractivity contribution in [2.75, 3.05) is 54.0 Å². The molecule has 2 heterocycles. The van der Waals surface area contributed by atoms with Crippen LogP contribution in [-0.2, 0) is 14.3 Å². The van der Waals surface area contributed by atoms with E-state index >= 15 is 0 Å². The Morgan fingerprint density at radius 2 is 1.60 bits per heavy atom. The zero-order chi connectivity index (χ0) is 29.8. The van der Waals surface area contributed by atoms with Crippen LogP contribution in [0.3, 0.4) is 0 Å². The summed E-state index contributed by atoms with van der Waals surface area (Å²) in [4.78, 5) is 46.7. The Hall–Kier alpha value is -3.88. The van der Waals surface area contributed by atoms with Crippen molar-refractivity contribution < 1.29 is 19.1 Å². The van der Waals surface area contributed by atoms with E-state index in [0.29, 0.717) is 30.2 Å². The predicted molar refractivity (Wildman–Crippen MR) is 166 cm³/mol. The van der Waals surface area contributed by atoms with Gasteiger partial charge < -0.3 is 19.4 Å². The highest BCUT2D eigenvalue weighted by molar-refractivity contribution is 6.30. The summed E-state index contributed by atoms with van der Waals surface area (Å²) in [6.45, 7) is 9.27. The normalized spacial score (nSPS) is 18.8. The second-order valence-corrected chi connectivity index (χ2v) is 11.3. The minimum absolute atomic E-state index is 0.0681. The van der Waals surface area contributed by atoms with Crippen LogP contribution in [0.15, 0.2) is 72.8 Å². The number of anilines is 3. The van der Waals surface area contributed by atoms with Crippen molar-refractivity contribution in [2.45, 2.75) is 39.3 Å². The largest absolute Gasteiger partial charge is 0.465 e. The Morgan fingerprint density at radius 3 is 2.24 bits per heavy atom. The number of esters is 1. The highest BCUT2D eigenvalue weighted by Gasteiger charge is 2.38. The summed E-state index contributed by atoms with van der Waals surface area (Å²) in [5, 5.41) is 0.610. The maximum atomic E-state index is 13.9. The van der Waals surface area contributed by atoms with E-state index in [0.717, 1.165) is 48.8 Å². The lowest BCUT2D eigenvalue weighted by molar-refractivity contribution is -0.144. The third kappa shape index (κ3) is 6.30. The zero-order valence-electron chi connectivity index (χ0n) is 24.3. The van der Waals surface area contributed by atoms with Gasteiger partial charge in [0.2, 0.25) is 5.91 Å². The Bertz CT molecular complexity index is 1420. The van der Waals surface area contributed by atoms with Gasteiger partial charge in [-0.15, -0.1) is 0 Å². The Balaban J connectivity index is 1.33. The number of hydrogen-bond acceptors (Lipinski definition) is 6. The average Bonchev–Trinajstić information content (AvgIpc) is 2.98. The van der Waals surface area contributed by atoms with E-state index < -0.39 is 0 Å². The van der Waals surface area contributed by atoms with Gasteiger partial charge >= 0.3 is 5.97 Å². The third-order valence-electron chi connectivity index (χ3n) is 8.04. The van der Waals surface area contributed by atoms with Crippen molar-refractivity contribution >= 4 is 46.4 Å². The smallest absolute Gasteiger partial charge is 0.320 e. The summed E-state index contributed by atoms with van der Waals surface area (Å²) in [7, 11) is 0. The molecule has 1 saturated heterocycles. The van der Waals surface area contributed by atoms with E-state index in [1.165, 1.54) is 0 Å². The van der Waals surface area contributed by atoms with Crippen molar-refractivity contribution in [1.82, 2.24) is 4.90 Å². The molecule has 0 N–H and O–H groups in total. The second-order valence-electron chi connectivity index (χ2n) is 10.8. The molecule has 0 spiro atoms. The molecule has 3 aromatic carbocycles. The molecule has 0 aliphatic carbocycles. The maximum Gasteiger partial charge on any atom is 0.320 e. The molecule has 0 radical (unpaired) electrons. The number of fused-ring (bicyclic) bond motifs is 1. The third-order valence-corrected chi connectivity index (χ3v) is 8.30. The molecule has 2 amide bonds. The first-order valence-electron chi connectivity index (χ1n) is 14.5. The van der Waals surface area contributed by atoms with E-state index in [4.69, 9.17) is 16.3 Å². The number of ether oxygens (including phenoxy) is 1. The van der Waals surface area contributed by atoms with E-state index in [1.54, 1.807) is 24.0 Å². The van der Waals surface area contributed by atoms with Crippen molar-refractivity contribution in [3.8, 4) is 0 Å². The van der Waals surface area contributed by atoms with E-state index in [-0.39, 0.29) is 29.9 Å². The SMILES string of the molecule is CCOC(=O)CN1CCN(c2ccc(C(=O)N3c4ccccc4C(N(C(C)=O)c4ccc(Cl)cc4)CC3C)cc2)CC1. The zero-order valence-corrected chi connectivity index (χ0v) is 25.1. The van der Waals surface area contributed by atoms with Crippen molar-refractivity contribution in [1.29, 1.82) is 0 Å². The van der Waals surface area contributed by atoms with Gasteiger partial charge in [-0.2, -0.15) is 0 Å². The molecule has 0 aromatic heterocycles. The molecule has 2 unspecified atom stereocenters. The topological polar surface area (TPSA) is 73.4 Å². The van der Waals surface area contributed by atoms with E-state index in [2.05, 4.69) is 9.80 Å². The summed E-state index contributed by atoms with van der Waals surface area (Å²) in [6, 6.07) is 22.5. The lowest BCUT2D eigenvalue weighted by Gasteiger charge is -2.43. The van der Waals surface area contributed by atoms with Crippen LogP contribution in [0.4, 0.5) is 17.1 Å². The number of nitrogens with zero attached hydrogens (tertiary/aromatic N) is 4. The molecular formula is C33H37ClN4O4. The minimum atomic E-state index is -0.219. The molecule has 9 heteroatoms. The number of piperazine rings is 1. The highest BCUT2D eigenvalue weighted by Crippen LogP contribution is 2.43. The summed E-state index contributed by atoms with van der Waals surface area (Å²) in [5.74, 6) is -0.325. The minimum Gasteiger partial charge on any atom is -0.465 e. The first kappa shape index (κ1) is 29.6. The van der Waals surface area contributed by atoms with Gasteiger partial charge in [-0.05, 0) is 80.4 Å². The average molecular weight is 589 g/mol. The number of rotatable bonds is 7. The van der Waals surface area contributed by atoms with Crippen LogP contribution < -0.4 is 14.7 Å². The molecular weight excluding hydrogens is 552 g/mol. The van der Waals surface area contributed by atoms with Crippen molar-refractivity contribution in [3.05, 3.63) is 88.9 Å². The van der Waals surface area contributed by atoms with Crippen LogP contribution in [0.2, 0.25) is 5.02 Å². The number of halogens is 1. The molecule has 3 aromatic rings. The van der Waals surface area contributed by atoms with Crippen LogP contribution in [0.5, 0.6) is 0 Å². The fourth-order valence-electron chi connectivity index (χ4n) is 6.03. The van der Waals surface area contributed by atoms with Gasteiger partial charge in [-0.25, -0.2) is 0 Å². The van der Waals surface area contributed by atoms with Gasteiger partial charge in [0, 0.05) is 66.8 Å². The van der Waals surface area contributed by atoms with Crippen LogP contribution in [0.25, 0.3) is 0 Å². The van der Waals surface area contributed by atoms with Gasteiger partial charge in [0.1, 0.15) is 0 Å². The lowest BCUT2D eigenvalue weighted by Crippen LogP contribution is -2.48. The molecule has 2 atom stereocenters. The Labute approximate surface area is 252 Å². The van der Waals surface area contributed by atoms with E-state index in [1.807, 2.05) is 79.4 Å². The number of hydrogen-bond donors (Lipinski definition) is 0. The predicted octanol–water partition coefficient (Wildman–Crippen LogP) is 5.56. The van der Waals surface area contributed by atoms with Crippen LogP contribution in [0.1, 0.15) is 49.2 Å². The fourth-order valence-corrected chi connectivity index (χ4v) is 6.15. The summed E-state index contributed by atoms with van der Waals surface area (Å²) >= 11 is 6.12. The molecule has 1 fully saturated rings. The van der Waals surface area contributed by atoms with Crippen molar-refractivity contribution in [2.24, 2.45) is 0 Å². The molecule has 8 nitrogen and oxygen atoms in total. The number of amides is 2. The van der Waals surface area contributed by atoms with E-state index in [9.17, 15) is 14.4 Å². The molecule has 0 saturated carbocycles. The Kier molecular flexibility index (Phi) is 9.14. The number of benzene rings is 3. The molecule has 5 rings (SSSR count). The molecule has 0 bridgehead atoms. The van der Waals surface area contributed by atoms with Crippen molar-refractivity contribution in [3.63, 3.8) is 0 Å². The monoisotopic (exact) mass is 588 g/mol. The molecule has 220 valence electrons. The fraction of sp³-hybridized carbons (Fsp3) is 0.364. The highest BCUT2D eigenvalue weighted by atomic mass is 35.5. The molecule has 2 aliphatic heterocycles. The first-order chi connectivity index (χ1) is 20.3. The maximum absolute atomic E-state index is 13.9. The Morgan fingerprint density at radius 1 is 0.929 bits per heavy atom. The van der Waals surface area contributed by atoms with Crippen LogP contribution >= 0.6 is 11.6 Å². The van der Waals surface area contributed by atoms with Gasteiger partial charge in [0.25, 0.3) is 5.91 Å². The summed E-state index contributed by atoms with van der Waals surface area (Å²) in [5.41, 5.74) is 4.19. The molecule has 2 aliphatic rings. The quantitative estimate of drug-likeness (QED) is 0.337. The van der Waals surface area contributed by atoms with Gasteiger partial charge in [-0.1, -0.05) is 29.8 Å². The molecule has 42 heavy (non-hydrogen) atoms. The van der Waals surface area contributed by atoms with Gasteiger partial charge in [0.05, 0.1) is 19.2 Å². The summed E-state index contributed by atoms with van der Waals surface area (Å²) < 4.78 is 5.07. The van der Waals surface area contributed by atoms with Crippen LogP contribution in [-0.4, -0.2) is 68.1 Å². The number of carbonyl (C=O) groups excluding carboxylic acids is 3. The first-order valence-corrected chi connectivity index (χ1v) is 14.9.